The SMILES string of the molecule is C=CCC[C@]12C=C[C@@]3(CC[C@@H](CCl)[C@H]3CC(=O)C1)O2. The lowest BCUT2D eigenvalue weighted by Crippen LogP contribution is -2.38. The maximum atomic E-state index is 12.3. The van der Waals surface area contributed by atoms with Crippen LogP contribution in [-0.2, 0) is 9.53 Å². The Balaban J connectivity index is 1.90. The van der Waals surface area contributed by atoms with E-state index >= 15 is 0 Å². The van der Waals surface area contributed by atoms with Gasteiger partial charge in [-0.2, -0.15) is 0 Å². The predicted octanol–water partition coefficient (Wildman–Crippen LogP) is 3.64. The van der Waals surface area contributed by atoms with Crippen molar-refractivity contribution in [2.24, 2.45) is 11.8 Å². The number of hydrogen-bond acceptors (Lipinski definition) is 2. The highest BCUT2D eigenvalue weighted by Crippen LogP contribution is 2.55. The van der Waals surface area contributed by atoms with Gasteiger partial charge in [-0.15, -0.1) is 18.2 Å². The number of alkyl halides is 1. The molecule has 1 saturated heterocycles. The van der Waals surface area contributed by atoms with Crippen LogP contribution < -0.4 is 0 Å². The molecule has 0 aromatic heterocycles. The van der Waals surface area contributed by atoms with Crippen LogP contribution >= 0.6 is 11.6 Å². The van der Waals surface area contributed by atoms with Crippen molar-refractivity contribution in [3.8, 4) is 0 Å². The summed E-state index contributed by atoms with van der Waals surface area (Å²) in [5, 5.41) is 0. The third-order valence-corrected chi connectivity index (χ3v) is 5.48. The smallest absolute Gasteiger partial charge is 0.136 e. The molecule has 4 atom stereocenters. The fourth-order valence-corrected chi connectivity index (χ4v) is 4.48. The maximum absolute atomic E-state index is 12.3. The van der Waals surface area contributed by atoms with Crippen molar-refractivity contribution in [1.29, 1.82) is 0 Å². The molecule has 2 fully saturated rings. The number of carbonyl (C=O) groups is 1. The molecular weight excluding hydrogens is 260 g/mol. The van der Waals surface area contributed by atoms with Crippen LogP contribution in [-0.4, -0.2) is 22.9 Å². The van der Waals surface area contributed by atoms with Gasteiger partial charge in [-0.05, 0) is 31.6 Å². The molecule has 1 saturated carbocycles. The van der Waals surface area contributed by atoms with Gasteiger partial charge in [0.25, 0.3) is 0 Å². The average molecular weight is 281 g/mol. The highest BCUT2D eigenvalue weighted by Gasteiger charge is 2.57. The summed E-state index contributed by atoms with van der Waals surface area (Å²) in [5.41, 5.74) is -0.589. The molecule has 2 aliphatic heterocycles. The number of hydrogen-bond donors (Lipinski definition) is 0. The van der Waals surface area contributed by atoms with Crippen LogP contribution in [0.4, 0.5) is 0 Å². The normalized spacial score (nSPS) is 44.2. The molecule has 3 rings (SSSR count). The zero-order chi connectivity index (χ0) is 13.5. The van der Waals surface area contributed by atoms with E-state index in [1.807, 2.05) is 6.08 Å². The quantitative estimate of drug-likeness (QED) is 0.580. The molecule has 3 heteroatoms. The zero-order valence-corrected chi connectivity index (χ0v) is 12.0. The Morgan fingerprint density at radius 2 is 2.37 bits per heavy atom. The molecule has 0 unspecified atom stereocenters. The van der Waals surface area contributed by atoms with Crippen LogP contribution in [0.5, 0.6) is 0 Å². The molecule has 0 aromatic carbocycles. The van der Waals surface area contributed by atoms with Gasteiger partial charge < -0.3 is 4.74 Å². The number of ether oxygens (including phenoxy) is 1. The lowest BCUT2D eigenvalue weighted by atomic mass is 9.80. The molecule has 2 nitrogen and oxygen atoms in total. The van der Waals surface area contributed by atoms with Crippen molar-refractivity contribution in [2.75, 3.05) is 5.88 Å². The summed E-state index contributed by atoms with van der Waals surface area (Å²) in [7, 11) is 0. The minimum atomic E-state index is -0.374. The summed E-state index contributed by atoms with van der Waals surface area (Å²) < 4.78 is 6.49. The number of fused-ring (bicyclic) bond motifs is 1. The molecular formula is C16H21ClO2. The fourth-order valence-electron chi connectivity index (χ4n) is 4.11. The molecule has 0 amide bonds. The van der Waals surface area contributed by atoms with Gasteiger partial charge in [0.1, 0.15) is 5.78 Å². The van der Waals surface area contributed by atoms with E-state index in [0.29, 0.717) is 30.4 Å². The highest BCUT2D eigenvalue weighted by atomic mass is 35.5. The largest absolute Gasteiger partial charge is 0.360 e. The van der Waals surface area contributed by atoms with Crippen LogP contribution in [0.15, 0.2) is 24.8 Å². The monoisotopic (exact) mass is 280 g/mol. The predicted molar refractivity (Wildman–Crippen MR) is 76.3 cm³/mol. The Morgan fingerprint density at radius 3 is 3.11 bits per heavy atom. The van der Waals surface area contributed by atoms with Gasteiger partial charge in [-0.25, -0.2) is 0 Å². The second-order valence-corrected chi connectivity index (χ2v) is 6.57. The second-order valence-electron chi connectivity index (χ2n) is 6.26. The van der Waals surface area contributed by atoms with Gasteiger partial charge in [-0.1, -0.05) is 18.2 Å². The standard InChI is InChI=1S/C16H21ClO2/c1-2-3-5-15-7-8-16(19-15)6-4-12(11-17)14(16)9-13(18)10-15/h2,7-8,12,14H,1,3-6,9-11H2/t12-,14+,15-,16+/m0/s1. The van der Waals surface area contributed by atoms with E-state index in [4.69, 9.17) is 16.3 Å². The summed E-state index contributed by atoms with van der Waals surface area (Å²) in [6.07, 6.45) is 11.3. The minimum Gasteiger partial charge on any atom is -0.360 e. The van der Waals surface area contributed by atoms with Crippen molar-refractivity contribution in [1.82, 2.24) is 0 Å². The van der Waals surface area contributed by atoms with E-state index in [2.05, 4.69) is 18.7 Å². The van der Waals surface area contributed by atoms with Crippen LogP contribution in [0.3, 0.4) is 0 Å². The third kappa shape index (κ3) is 2.09. The van der Waals surface area contributed by atoms with Crippen molar-refractivity contribution in [2.45, 2.75) is 49.7 Å². The first kappa shape index (κ1) is 13.4. The van der Waals surface area contributed by atoms with Crippen molar-refractivity contribution < 1.29 is 9.53 Å². The van der Waals surface area contributed by atoms with Gasteiger partial charge in [-0.3, -0.25) is 4.79 Å². The van der Waals surface area contributed by atoms with Crippen molar-refractivity contribution in [3.63, 3.8) is 0 Å². The fraction of sp³-hybridized carbons (Fsp3) is 0.688. The first-order valence-corrected chi connectivity index (χ1v) is 7.76. The van der Waals surface area contributed by atoms with Gasteiger partial charge in [0.2, 0.25) is 0 Å². The van der Waals surface area contributed by atoms with E-state index in [9.17, 15) is 4.79 Å². The lowest BCUT2D eigenvalue weighted by molar-refractivity contribution is -0.124. The Hall–Kier alpha value is -0.600. The van der Waals surface area contributed by atoms with E-state index in [0.717, 1.165) is 25.7 Å². The molecule has 104 valence electrons. The zero-order valence-electron chi connectivity index (χ0n) is 11.2. The number of carbonyl (C=O) groups excluding carboxylic acids is 1. The Morgan fingerprint density at radius 1 is 1.53 bits per heavy atom. The van der Waals surface area contributed by atoms with E-state index in [1.165, 1.54) is 0 Å². The molecule has 0 N–H and O–H groups in total. The van der Waals surface area contributed by atoms with Gasteiger partial charge >= 0.3 is 0 Å². The van der Waals surface area contributed by atoms with Crippen LogP contribution in [0.1, 0.15) is 38.5 Å². The maximum Gasteiger partial charge on any atom is 0.136 e. The topological polar surface area (TPSA) is 26.3 Å². The van der Waals surface area contributed by atoms with Gasteiger partial charge in [0.15, 0.2) is 0 Å². The molecule has 2 heterocycles. The highest BCUT2D eigenvalue weighted by molar-refractivity contribution is 6.18. The Kier molecular flexibility index (Phi) is 3.34. The number of rotatable bonds is 4. The minimum absolute atomic E-state index is 0.215. The average Bonchev–Trinajstić information content (AvgIpc) is 2.87. The van der Waals surface area contributed by atoms with Crippen molar-refractivity contribution in [3.05, 3.63) is 24.8 Å². The molecule has 0 aromatic rings. The number of Topliss-reactive ketones (excluding diaryl/α,β-unsaturated/α-hetero) is 1. The first-order valence-electron chi connectivity index (χ1n) is 7.22. The molecule has 3 aliphatic rings. The van der Waals surface area contributed by atoms with Crippen molar-refractivity contribution >= 4 is 17.4 Å². The molecule has 1 spiro atoms. The molecule has 0 radical (unpaired) electrons. The summed E-state index contributed by atoms with van der Waals surface area (Å²) in [6, 6.07) is 0. The lowest BCUT2D eigenvalue weighted by Gasteiger charge is -2.34. The molecule has 2 bridgehead atoms. The van der Waals surface area contributed by atoms with Crippen LogP contribution in [0, 0.1) is 11.8 Å². The summed E-state index contributed by atoms with van der Waals surface area (Å²) in [4.78, 5) is 12.3. The summed E-state index contributed by atoms with van der Waals surface area (Å²) >= 11 is 6.08. The number of halogens is 1. The second kappa shape index (κ2) is 4.75. The molecule has 19 heavy (non-hydrogen) atoms. The third-order valence-electron chi connectivity index (χ3n) is 5.08. The van der Waals surface area contributed by atoms with E-state index < -0.39 is 0 Å². The Bertz CT molecular complexity index is 430. The molecule has 1 aliphatic carbocycles. The summed E-state index contributed by atoms with van der Waals surface area (Å²) in [5.74, 6) is 1.67. The van der Waals surface area contributed by atoms with E-state index in [-0.39, 0.29) is 17.1 Å². The Labute approximate surface area is 119 Å². The number of ketones is 1. The van der Waals surface area contributed by atoms with Gasteiger partial charge in [0, 0.05) is 24.6 Å². The van der Waals surface area contributed by atoms with E-state index in [1.54, 1.807) is 0 Å². The summed E-state index contributed by atoms with van der Waals surface area (Å²) in [6.45, 7) is 3.77. The number of allylic oxidation sites excluding steroid dienone is 1. The van der Waals surface area contributed by atoms with Crippen LogP contribution in [0.25, 0.3) is 0 Å². The van der Waals surface area contributed by atoms with Gasteiger partial charge in [0.05, 0.1) is 11.2 Å². The van der Waals surface area contributed by atoms with Crippen LogP contribution in [0.2, 0.25) is 0 Å². The first-order chi connectivity index (χ1) is 9.13.